The molecule has 2 atom stereocenters. The average molecular weight is 255 g/mol. The molecule has 1 amide bonds. The van der Waals surface area contributed by atoms with Crippen LogP contribution in [0.15, 0.2) is 12.2 Å². The molecule has 1 fully saturated rings. The number of rotatable bonds is 6. The van der Waals surface area contributed by atoms with E-state index in [0.717, 1.165) is 12.0 Å². The summed E-state index contributed by atoms with van der Waals surface area (Å²) in [5, 5.41) is 8.83. The third kappa shape index (κ3) is 3.57. The van der Waals surface area contributed by atoms with Gasteiger partial charge in [-0.3, -0.25) is 9.59 Å². The minimum Gasteiger partial charge on any atom is -0.480 e. The van der Waals surface area contributed by atoms with Gasteiger partial charge in [-0.2, -0.15) is 0 Å². The van der Waals surface area contributed by atoms with Crippen molar-refractivity contribution in [2.24, 2.45) is 5.92 Å². The van der Waals surface area contributed by atoms with E-state index < -0.39 is 5.97 Å². The molecule has 1 aliphatic heterocycles. The maximum atomic E-state index is 12.3. The number of amides is 1. The van der Waals surface area contributed by atoms with E-state index in [-0.39, 0.29) is 24.5 Å². The second-order valence-electron chi connectivity index (χ2n) is 4.69. The van der Waals surface area contributed by atoms with Crippen molar-refractivity contribution < 1.29 is 19.4 Å². The van der Waals surface area contributed by atoms with Crippen molar-refractivity contribution in [3.05, 3.63) is 12.2 Å². The zero-order valence-electron chi connectivity index (χ0n) is 11.0. The Morgan fingerprint density at radius 1 is 1.50 bits per heavy atom. The second kappa shape index (κ2) is 6.54. The van der Waals surface area contributed by atoms with E-state index >= 15 is 0 Å². The normalized spacial score (nSPS) is 22.8. The monoisotopic (exact) mass is 255 g/mol. The minimum atomic E-state index is -0.984. The highest BCUT2D eigenvalue weighted by Gasteiger charge is 2.37. The van der Waals surface area contributed by atoms with Crippen LogP contribution in [0.3, 0.4) is 0 Å². The van der Waals surface area contributed by atoms with Crippen LogP contribution in [-0.4, -0.2) is 47.7 Å². The summed E-state index contributed by atoms with van der Waals surface area (Å²) in [6.07, 6.45) is 1.10. The smallest absolute Gasteiger partial charge is 0.323 e. The molecule has 0 aromatic carbocycles. The molecule has 0 bridgehead atoms. The Morgan fingerprint density at radius 3 is 2.67 bits per heavy atom. The molecule has 5 nitrogen and oxygen atoms in total. The van der Waals surface area contributed by atoms with E-state index in [2.05, 4.69) is 6.58 Å². The van der Waals surface area contributed by atoms with Crippen LogP contribution in [-0.2, 0) is 14.3 Å². The lowest BCUT2D eigenvalue weighted by Crippen LogP contribution is -2.42. The number of carboxylic acid groups (broad SMARTS) is 1. The fraction of sp³-hybridized carbons (Fsp3) is 0.692. The summed E-state index contributed by atoms with van der Waals surface area (Å²) in [4.78, 5) is 24.5. The van der Waals surface area contributed by atoms with E-state index in [9.17, 15) is 9.59 Å². The van der Waals surface area contributed by atoms with E-state index in [1.807, 2.05) is 13.8 Å². The number of carbonyl (C=O) groups is 2. The van der Waals surface area contributed by atoms with Crippen molar-refractivity contribution in [2.75, 3.05) is 19.7 Å². The first-order valence-corrected chi connectivity index (χ1v) is 6.25. The Hall–Kier alpha value is -1.36. The summed E-state index contributed by atoms with van der Waals surface area (Å²) >= 11 is 0. The first-order valence-electron chi connectivity index (χ1n) is 6.25. The number of carboxylic acids is 1. The topological polar surface area (TPSA) is 66.8 Å². The molecule has 0 saturated carbocycles. The summed E-state index contributed by atoms with van der Waals surface area (Å²) < 4.78 is 5.49. The van der Waals surface area contributed by atoms with Crippen molar-refractivity contribution in [1.82, 2.24) is 4.90 Å². The van der Waals surface area contributed by atoms with Crippen LogP contribution in [0.2, 0.25) is 0 Å². The molecule has 1 N–H and O–H groups in total. The largest absolute Gasteiger partial charge is 0.480 e. The SMILES string of the molecule is C=C(C)[C@H]1OCC[C@H]1C(=O)N(CCC)CC(=O)O. The molecular formula is C13H21NO4. The van der Waals surface area contributed by atoms with Gasteiger partial charge in [-0.1, -0.05) is 19.1 Å². The van der Waals surface area contributed by atoms with Crippen LogP contribution in [0.1, 0.15) is 26.7 Å². The van der Waals surface area contributed by atoms with Gasteiger partial charge in [0.1, 0.15) is 6.54 Å². The van der Waals surface area contributed by atoms with Crippen molar-refractivity contribution in [3.63, 3.8) is 0 Å². The Labute approximate surface area is 107 Å². The quantitative estimate of drug-likeness (QED) is 0.726. The van der Waals surface area contributed by atoms with Gasteiger partial charge in [-0.15, -0.1) is 0 Å². The molecule has 102 valence electrons. The molecule has 0 spiro atoms. The lowest BCUT2D eigenvalue weighted by atomic mass is 9.95. The van der Waals surface area contributed by atoms with Gasteiger partial charge >= 0.3 is 5.97 Å². The number of nitrogens with zero attached hydrogens (tertiary/aromatic N) is 1. The fourth-order valence-corrected chi connectivity index (χ4v) is 2.26. The minimum absolute atomic E-state index is 0.134. The van der Waals surface area contributed by atoms with Crippen molar-refractivity contribution >= 4 is 11.9 Å². The van der Waals surface area contributed by atoms with Gasteiger partial charge in [0.15, 0.2) is 0 Å². The first-order chi connectivity index (χ1) is 8.47. The van der Waals surface area contributed by atoms with Gasteiger partial charge < -0.3 is 14.7 Å². The van der Waals surface area contributed by atoms with Gasteiger partial charge in [0, 0.05) is 13.2 Å². The first kappa shape index (κ1) is 14.7. The zero-order valence-corrected chi connectivity index (χ0v) is 11.0. The lowest BCUT2D eigenvalue weighted by molar-refractivity contribution is -0.146. The zero-order chi connectivity index (χ0) is 13.7. The summed E-state index contributed by atoms with van der Waals surface area (Å²) in [5.41, 5.74) is 0.817. The summed E-state index contributed by atoms with van der Waals surface area (Å²) in [6.45, 7) is 8.32. The van der Waals surface area contributed by atoms with Crippen LogP contribution in [0.5, 0.6) is 0 Å². The summed E-state index contributed by atoms with van der Waals surface area (Å²) in [7, 11) is 0. The van der Waals surface area contributed by atoms with Crippen LogP contribution < -0.4 is 0 Å². The Morgan fingerprint density at radius 2 is 2.17 bits per heavy atom. The summed E-state index contributed by atoms with van der Waals surface area (Å²) in [6, 6.07) is 0. The molecule has 1 saturated heterocycles. The predicted octanol–water partition coefficient (Wildman–Crippen LogP) is 1.29. The van der Waals surface area contributed by atoms with Crippen LogP contribution >= 0.6 is 0 Å². The van der Waals surface area contributed by atoms with Crippen LogP contribution in [0.4, 0.5) is 0 Å². The fourth-order valence-electron chi connectivity index (χ4n) is 2.26. The highest BCUT2D eigenvalue weighted by molar-refractivity contribution is 5.84. The predicted molar refractivity (Wildman–Crippen MR) is 67.2 cm³/mol. The molecule has 0 aromatic heterocycles. The summed E-state index contributed by atoms with van der Waals surface area (Å²) in [5.74, 6) is -1.40. The molecule has 0 radical (unpaired) electrons. The number of hydrogen-bond acceptors (Lipinski definition) is 3. The van der Waals surface area contributed by atoms with E-state index in [1.165, 1.54) is 4.90 Å². The lowest BCUT2D eigenvalue weighted by Gasteiger charge is -2.26. The Balaban J connectivity index is 2.75. The van der Waals surface area contributed by atoms with Gasteiger partial charge in [0.05, 0.1) is 12.0 Å². The van der Waals surface area contributed by atoms with Gasteiger partial charge in [0.2, 0.25) is 5.91 Å². The van der Waals surface area contributed by atoms with Gasteiger partial charge in [0.25, 0.3) is 0 Å². The maximum absolute atomic E-state index is 12.3. The molecular weight excluding hydrogens is 234 g/mol. The van der Waals surface area contributed by atoms with E-state index in [1.54, 1.807) is 0 Å². The van der Waals surface area contributed by atoms with Crippen LogP contribution in [0, 0.1) is 5.92 Å². The maximum Gasteiger partial charge on any atom is 0.323 e. The molecule has 18 heavy (non-hydrogen) atoms. The van der Waals surface area contributed by atoms with Gasteiger partial charge in [-0.05, 0) is 19.8 Å². The van der Waals surface area contributed by atoms with Crippen molar-refractivity contribution in [1.29, 1.82) is 0 Å². The average Bonchev–Trinajstić information content (AvgIpc) is 2.75. The van der Waals surface area contributed by atoms with Crippen molar-refractivity contribution in [2.45, 2.75) is 32.8 Å². The Bertz CT molecular complexity index is 340. The number of hydrogen-bond donors (Lipinski definition) is 1. The van der Waals surface area contributed by atoms with Crippen LogP contribution in [0.25, 0.3) is 0 Å². The van der Waals surface area contributed by atoms with E-state index in [0.29, 0.717) is 19.6 Å². The third-order valence-corrected chi connectivity index (χ3v) is 3.03. The third-order valence-electron chi connectivity index (χ3n) is 3.03. The number of ether oxygens (including phenoxy) is 1. The molecule has 1 heterocycles. The van der Waals surface area contributed by atoms with Gasteiger partial charge in [-0.25, -0.2) is 0 Å². The standard InChI is InChI=1S/C13H21NO4/c1-4-6-14(8-11(15)16)13(17)10-5-7-18-12(10)9(2)3/h10,12H,2,4-8H2,1,3H3,(H,15,16)/t10-,12-/m1/s1. The molecule has 0 aromatic rings. The number of aliphatic carboxylic acids is 1. The molecule has 1 aliphatic rings. The number of carbonyl (C=O) groups excluding carboxylic acids is 1. The molecule has 1 rings (SSSR count). The highest BCUT2D eigenvalue weighted by atomic mass is 16.5. The molecule has 0 unspecified atom stereocenters. The van der Waals surface area contributed by atoms with Crippen molar-refractivity contribution in [3.8, 4) is 0 Å². The highest BCUT2D eigenvalue weighted by Crippen LogP contribution is 2.27. The van der Waals surface area contributed by atoms with E-state index in [4.69, 9.17) is 9.84 Å². The molecule has 5 heteroatoms. The second-order valence-corrected chi connectivity index (χ2v) is 4.69. The Kier molecular flexibility index (Phi) is 5.34. The molecule has 0 aliphatic carbocycles.